The summed E-state index contributed by atoms with van der Waals surface area (Å²) in [6.07, 6.45) is -0.760. The van der Waals surface area contributed by atoms with Crippen LogP contribution in [0.25, 0.3) is 0 Å². The smallest absolute Gasteiger partial charge is 0.303 e. The number of nitrogens with zero attached hydrogens (tertiary/aromatic N) is 2. The van der Waals surface area contributed by atoms with E-state index in [1.165, 1.54) is 6.92 Å². The van der Waals surface area contributed by atoms with Crippen LogP contribution < -0.4 is 4.90 Å². The van der Waals surface area contributed by atoms with Gasteiger partial charge in [0.25, 0.3) is 5.91 Å². The highest BCUT2D eigenvalue weighted by molar-refractivity contribution is 5.91. The zero-order chi connectivity index (χ0) is 18.8. The highest BCUT2D eigenvalue weighted by Crippen LogP contribution is 2.43. The molecule has 5 heteroatoms. The van der Waals surface area contributed by atoms with Crippen LogP contribution in [0.1, 0.15) is 37.1 Å². The summed E-state index contributed by atoms with van der Waals surface area (Å²) in [5.74, 6) is -0.594. The van der Waals surface area contributed by atoms with Crippen molar-refractivity contribution in [2.45, 2.75) is 32.0 Å². The predicted octanol–water partition coefficient (Wildman–Crippen LogP) is 3.33. The second-order valence-corrected chi connectivity index (χ2v) is 6.79. The molecule has 1 saturated heterocycles. The molecule has 0 saturated carbocycles. The molecule has 136 valence electrons. The number of hydrogen-bond acceptors (Lipinski definition) is 4. The first-order valence-electron chi connectivity index (χ1n) is 8.71. The van der Waals surface area contributed by atoms with E-state index >= 15 is 0 Å². The van der Waals surface area contributed by atoms with Crippen LogP contribution in [-0.4, -0.2) is 37.0 Å². The number of anilines is 1. The maximum absolute atomic E-state index is 12.7. The molecule has 2 aromatic rings. The molecule has 0 N–H and O–H groups in total. The average Bonchev–Trinajstić information content (AvgIpc) is 2.64. The van der Waals surface area contributed by atoms with Crippen molar-refractivity contribution in [3.05, 3.63) is 65.7 Å². The lowest BCUT2D eigenvalue weighted by Crippen LogP contribution is -2.60. The fourth-order valence-corrected chi connectivity index (χ4v) is 3.41. The number of amides is 1. The molecule has 1 aliphatic rings. The SMILES string of the molecule is CC(=O)O[C@@H]1C(=O)N(C(C)c2ccccc2)C1c1ccc(N(C)C)cc1. The molecule has 0 spiro atoms. The minimum Gasteiger partial charge on any atom is -0.450 e. The number of esters is 1. The van der Waals surface area contributed by atoms with Gasteiger partial charge in [-0.2, -0.15) is 0 Å². The molecule has 2 unspecified atom stereocenters. The number of β-lactam (4-membered cyclic amide) rings is 1. The lowest BCUT2D eigenvalue weighted by atomic mass is 9.87. The number of ether oxygens (including phenoxy) is 1. The van der Waals surface area contributed by atoms with Gasteiger partial charge in [0.1, 0.15) is 6.04 Å². The summed E-state index contributed by atoms with van der Waals surface area (Å²) in [5, 5.41) is 0. The summed E-state index contributed by atoms with van der Waals surface area (Å²) in [5.41, 5.74) is 3.09. The summed E-state index contributed by atoms with van der Waals surface area (Å²) in [4.78, 5) is 28.0. The molecular formula is C21H24N2O3. The van der Waals surface area contributed by atoms with Gasteiger partial charge >= 0.3 is 5.97 Å². The summed E-state index contributed by atoms with van der Waals surface area (Å²) in [6, 6.07) is 17.5. The van der Waals surface area contributed by atoms with Crippen LogP contribution in [0, 0.1) is 0 Å². The van der Waals surface area contributed by atoms with E-state index < -0.39 is 12.1 Å². The van der Waals surface area contributed by atoms with Crippen molar-refractivity contribution in [1.82, 2.24) is 4.90 Å². The molecule has 3 rings (SSSR count). The monoisotopic (exact) mass is 352 g/mol. The molecule has 1 aliphatic heterocycles. The standard InChI is InChI=1S/C21H24N2O3/c1-14(16-8-6-5-7-9-16)23-19(20(21(23)25)26-15(2)24)17-10-12-18(13-11-17)22(3)4/h5-14,19-20H,1-4H3/t14?,19?,20-/m0/s1. The fraction of sp³-hybridized carbons (Fsp3) is 0.333. The van der Waals surface area contributed by atoms with Crippen LogP contribution in [0.3, 0.4) is 0 Å². The van der Waals surface area contributed by atoms with Crippen LogP contribution in [-0.2, 0) is 14.3 Å². The van der Waals surface area contributed by atoms with Crippen LogP contribution in [0.4, 0.5) is 5.69 Å². The van der Waals surface area contributed by atoms with E-state index in [2.05, 4.69) is 0 Å². The first-order valence-corrected chi connectivity index (χ1v) is 8.71. The van der Waals surface area contributed by atoms with Gasteiger partial charge in [0.05, 0.1) is 6.04 Å². The Bertz CT molecular complexity index is 787. The molecule has 0 aromatic heterocycles. The third kappa shape index (κ3) is 3.29. The molecule has 1 heterocycles. The maximum atomic E-state index is 12.7. The molecule has 1 amide bonds. The summed E-state index contributed by atoms with van der Waals surface area (Å²) in [6.45, 7) is 3.33. The van der Waals surface area contributed by atoms with Crippen molar-refractivity contribution in [1.29, 1.82) is 0 Å². The van der Waals surface area contributed by atoms with Crippen LogP contribution >= 0.6 is 0 Å². The van der Waals surface area contributed by atoms with E-state index in [4.69, 9.17) is 4.74 Å². The van der Waals surface area contributed by atoms with Gasteiger partial charge in [0, 0.05) is 26.7 Å². The van der Waals surface area contributed by atoms with E-state index in [9.17, 15) is 9.59 Å². The Morgan fingerprint density at radius 2 is 1.69 bits per heavy atom. The minimum absolute atomic E-state index is 0.103. The number of carbonyl (C=O) groups excluding carboxylic acids is 2. The quantitative estimate of drug-likeness (QED) is 0.612. The Morgan fingerprint density at radius 1 is 1.08 bits per heavy atom. The van der Waals surface area contributed by atoms with Crippen molar-refractivity contribution in [3.8, 4) is 0 Å². The number of rotatable bonds is 5. The molecule has 1 fully saturated rings. The third-order valence-corrected chi connectivity index (χ3v) is 4.83. The largest absolute Gasteiger partial charge is 0.450 e. The van der Waals surface area contributed by atoms with Crippen LogP contribution in [0.2, 0.25) is 0 Å². The van der Waals surface area contributed by atoms with Crippen LogP contribution in [0.15, 0.2) is 54.6 Å². The Balaban J connectivity index is 1.92. The van der Waals surface area contributed by atoms with E-state index in [0.717, 1.165) is 16.8 Å². The van der Waals surface area contributed by atoms with Crippen molar-refractivity contribution >= 4 is 17.6 Å². The Kier molecular flexibility index (Phi) is 4.98. The molecule has 26 heavy (non-hydrogen) atoms. The van der Waals surface area contributed by atoms with Crippen LogP contribution in [0.5, 0.6) is 0 Å². The average molecular weight is 352 g/mol. The summed E-state index contributed by atoms with van der Waals surface area (Å²) < 4.78 is 5.32. The van der Waals surface area contributed by atoms with Gasteiger partial charge in [-0.1, -0.05) is 42.5 Å². The zero-order valence-corrected chi connectivity index (χ0v) is 15.5. The minimum atomic E-state index is -0.760. The van der Waals surface area contributed by atoms with Gasteiger partial charge < -0.3 is 14.5 Å². The van der Waals surface area contributed by atoms with Gasteiger partial charge in [-0.15, -0.1) is 0 Å². The summed E-state index contributed by atoms with van der Waals surface area (Å²) >= 11 is 0. The van der Waals surface area contributed by atoms with Gasteiger partial charge in [-0.3, -0.25) is 9.59 Å². The lowest BCUT2D eigenvalue weighted by Gasteiger charge is -2.49. The Morgan fingerprint density at radius 3 is 2.23 bits per heavy atom. The number of benzene rings is 2. The first-order chi connectivity index (χ1) is 12.4. The maximum Gasteiger partial charge on any atom is 0.303 e. The molecule has 0 radical (unpaired) electrons. The van der Waals surface area contributed by atoms with Crippen molar-refractivity contribution < 1.29 is 14.3 Å². The van der Waals surface area contributed by atoms with Gasteiger partial charge in [-0.25, -0.2) is 0 Å². The number of carbonyl (C=O) groups is 2. The van der Waals surface area contributed by atoms with Crippen molar-refractivity contribution in [2.24, 2.45) is 0 Å². The second-order valence-electron chi connectivity index (χ2n) is 6.79. The second kappa shape index (κ2) is 7.20. The highest BCUT2D eigenvalue weighted by atomic mass is 16.6. The van der Waals surface area contributed by atoms with Crippen molar-refractivity contribution in [2.75, 3.05) is 19.0 Å². The number of hydrogen-bond donors (Lipinski definition) is 0. The van der Waals surface area contributed by atoms with Gasteiger partial charge in [0.15, 0.2) is 0 Å². The van der Waals surface area contributed by atoms with E-state index in [1.54, 1.807) is 4.90 Å². The molecule has 5 nitrogen and oxygen atoms in total. The Labute approximate surface area is 154 Å². The fourth-order valence-electron chi connectivity index (χ4n) is 3.41. The third-order valence-electron chi connectivity index (χ3n) is 4.83. The van der Waals surface area contributed by atoms with E-state index in [1.807, 2.05) is 80.5 Å². The van der Waals surface area contributed by atoms with Gasteiger partial charge in [0.2, 0.25) is 6.10 Å². The van der Waals surface area contributed by atoms with E-state index in [-0.39, 0.29) is 18.0 Å². The molecule has 0 bridgehead atoms. The Hall–Kier alpha value is -2.82. The summed E-state index contributed by atoms with van der Waals surface area (Å²) in [7, 11) is 3.96. The highest BCUT2D eigenvalue weighted by Gasteiger charge is 2.52. The first kappa shape index (κ1) is 18.0. The molecular weight excluding hydrogens is 328 g/mol. The predicted molar refractivity (Wildman–Crippen MR) is 101 cm³/mol. The molecule has 0 aliphatic carbocycles. The lowest BCUT2D eigenvalue weighted by molar-refractivity contribution is -0.186. The van der Waals surface area contributed by atoms with Gasteiger partial charge in [-0.05, 0) is 30.2 Å². The topological polar surface area (TPSA) is 49.9 Å². The van der Waals surface area contributed by atoms with E-state index in [0.29, 0.717) is 0 Å². The normalized spacial score (nSPS) is 20.3. The van der Waals surface area contributed by atoms with Crippen molar-refractivity contribution in [3.63, 3.8) is 0 Å². The molecule has 3 atom stereocenters. The zero-order valence-electron chi connectivity index (χ0n) is 15.5. The number of likely N-dealkylation sites (tertiary alicyclic amines) is 1. The molecule has 2 aromatic carbocycles.